The Morgan fingerprint density at radius 2 is 2.00 bits per heavy atom. The summed E-state index contributed by atoms with van der Waals surface area (Å²) in [4.78, 5) is 24.9. The maximum Gasteiger partial charge on any atom is 0.439 e. The van der Waals surface area contributed by atoms with Crippen LogP contribution in [-0.4, -0.2) is 46.7 Å². The number of carbonyl (C=O) groups is 2. The standard InChI is InChI=1S/C18H20F3N3O4/c1-28-14-10-6-5-9-13(14)22-15(25)16(26)24-17(27,18(19,20)21)11-7-3-2-4-8-12(11)23-24/h5-6,9-11,27H,2-4,7-8H2,1H3,(H,22,25)/t11-,17-/m0/s1. The number of ether oxygens (including phenoxy) is 1. The minimum absolute atomic E-state index is 0.0345. The van der Waals surface area contributed by atoms with Gasteiger partial charge in [0, 0.05) is 5.71 Å². The maximum absolute atomic E-state index is 13.8. The normalized spacial score (nSPS) is 24.8. The van der Waals surface area contributed by atoms with Gasteiger partial charge in [0.2, 0.25) is 0 Å². The van der Waals surface area contributed by atoms with E-state index < -0.39 is 29.6 Å². The Morgan fingerprint density at radius 3 is 2.68 bits per heavy atom. The highest BCUT2D eigenvalue weighted by Gasteiger charge is 2.68. The fourth-order valence-electron chi connectivity index (χ4n) is 3.62. The minimum Gasteiger partial charge on any atom is -0.495 e. The lowest BCUT2D eigenvalue weighted by Crippen LogP contribution is -2.62. The molecule has 0 aromatic heterocycles. The van der Waals surface area contributed by atoms with E-state index in [1.165, 1.54) is 19.2 Å². The molecule has 2 aliphatic rings. The molecule has 28 heavy (non-hydrogen) atoms. The zero-order chi connectivity index (χ0) is 20.5. The first kappa shape index (κ1) is 20.1. The molecule has 3 rings (SSSR count). The second-order valence-electron chi connectivity index (χ2n) is 6.74. The molecular formula is C18H20F3N3O4. The number of anilines is 1. The SMILES string of the molecule is COc1ccccc1NC(=O)C(=O)N1N=C2CCCCC[C@@H]2[C@]1(O)C(F)(F)F. The molecule has 0 saturated heterocycles. The molecule has 1 aromatic carbocycles. The largest absolute Gasteiger partial charge is 0.495 e. The molecule has 1 saturated carbocycles. The Labute approximate surface area is 159 Å². The Bertz CT molecular complexity index is 812. The number of nitrogens with one attached hydrogen (secondary N) is 1. The van der Waals surface area contributed by atoms with Crippen LogP contribution in [-0.2, 0) is 9.59 Å². The summed E-state index contributed by atoms with van der Waals surface area (Å²) in [5, 5.41) is 16.4. The van der Waals surface area contributed by atoms with E-state index in [9.17, 15) is 27.9 Å². The summed E-state index contributed by atoms with van der Waals surface area (Å²) >= 11 is 0. The number of carbonyl (C=O) groups excluding carboxylic acids is 2. The van der Waals surface area contributed by atoms with E-state index in [0.717, 1.165) is 0 Å². The first-order valence-electron chi connectivity index (χ1n) is 8.85. The van der Waals surface area contributed by atoms with Crippen LogP contribution in [0.3, 0.4) is 0 Å². The summed E-state index contributed by atoms with van der Waals surface area (Å²) < 4.78 is 46.4. The molecule has 1 fully saturated rings. The van der Waals surface area contributed by atoms with Crippen molar-refractivity contribution >= 4 is 23.2 Å². The molecule has 0 radical (unpaired) electrons. The number of alkyl halides is 3. The van der Waals surface area contributed by atoms with Gasteiger partial charge in [0.15, 0.2) is 0 Å². The topological polar surface area (TPSA) is 91.2 Å². The van der Waals surface area contributed by atoms with E-state index >= 15 is 0 Å². The molecule has 0 unspecified atom stereocenters. The maximum atomic E-state index is 13.8. The van der Waals surface area contributed by atoms with E-state index in [4.69, 9.17) is 4.74 Å². The summed E-state index contributed by atoms with van der Waals surface area (Å²) in [5.41, 5.74) is -3.34. The number of methoxy groups -OCH3 is 1. The van der Waals surface area contributed by atoms with Gasteiger partial charge in [0.05, 0.1) is 18.7 Å². The first-order valence-corrected chi connectivity index (χ1v) is 8.85. The van der Waals surface area contributed by atoms with E-state index in [-0.39, 0.29) is 35.0 Å². The lowest BCUT2D eigenvalue weighted by molar-refractivity contribution is -0.316. The van der Waals surface area contributed by atoms with E-state index in [1.54, 1.807) is 12.1 Å². The van der Waals surface area contributed by atoms with Crippen molar-refractivity contribution in [1.82, 2.24) is 5.01 Å². The number of hydrogen-bond donors (Lipinski definition) is 2. The molecule has 2 N–H and O–H groups in total. The van der Waals surface area contributed by atoms with Gasteiger partial charge in [-0.1, -0.05) is 25.0 Å². The van der Waals surface area contributed by atoms with Crippen LogP contribution in [0.1, 0.15) is 32.1 Å². The monoisotopic (exact) mass is 399 g/mol. The van der Waals surface area contributed by atoms with Gasteiger partial charge < -0.3 is 15.2 Å². The average Bonchev–Trinajstić information content (AvgIpc) is 2.81. The number of nitrogens with zero attached hydrogens (tertiary/aromatic N) is 2. The third-order valence-electron chi connectivity index (χ3n) is 5.02. The molecule has 1 heterocycles. The summed E-state index contributed by atoms with van der Waals surface area (Å²) in [6.07, 6.45) is -3.11. The fourth-order valence-corrected chi connectivity index (χ4v) is 3.62. The predicted molar refractivity (Wildman–Crippen MR) is 93.5 cm³/mol. The zero-order valence-corrected chi connectivity index (χ0v) is 15.1. The van der Waals surface area contributed by atoms with Crippen LogP contribution in [0, 0.1) is 5.92 Å². The minimum atomic E-state index is -5.17. The third kappa shape index (κ3) is 3.32. The number of hydrazone groups is 1. The predicted octanol–water partition coefficient (Wildman–Crippen LogP) is 2.66. The van der Waals surface area contributed by atoms with Gasteiger partial charge in [-0.15, -0.1) is 0 Å². The van der Waals surface area contributed by atoms with E-state index in [0.29, 0.717) is 19.3 Å². The van der Waals surface area contributed by atoms with Gasteiger partial charge in [-0.2, -0.15) is 23.3 Å². The van der Waals surface area contributed by atoms with Crippen LogP contribution in [0.4, 0.5) is 18.9 Å². The second-order valence-corrected chi connectivity index (χ2v) is 6.74. The Kier molecular flexibility index (Phi) is 5.33. The average molecular weight is 399 g/mol. The van der Waals surface area contributed by atoms with E-state index in [2.05, 4.69) is 10.4 Å². The van der Waals surface area contributed by atoms with Gasteiger partial charge in [-0.25, -0.2) is 0 Å². The van der Waals surface area contributed by atoms with Crippen molar-refractivity contribution in [3.05, 3.63) is 24.3 Å². The van der Waals surface area contributed by atoms with Crippen LogP contribution >= 0.6 is 0 Å². The molecular weight excluding hydrogens is 379 g/mol. The molecule has 7 nitrogen and oxygen atoms in total. The summed E-state index contributed by atoms with van der Waals surface area (Å²) in [7, 11) is 1.34. The Balaban J connectivity index is 1.91. The summed E-state index contributed by atoms with van der Waals surface area (Å²) in [5.74, 6) is -4.09. The summed E-state index contributed by atoms with van der Waals surface area (Å²) in [6, 6.07) is 6.13. The van der Waals surface area contributed by atoms with Crippen LogP contribution in [0.2, 0.25) is 0 Å². The number of benzene rings is 1. The van der Waals surface area contributed by atoms with Crippen molar-refractivity contribution in [3.63, 3.8) is 0 Å². The van der Waals surface area contributed by atoms with Crippen molar-refractivity contribution in [2.24, 2.45) is 11.0 Å². The molecule has 1 aliphatic carbocycles. The smallest absolute Gasteiger partial charge is 0.439 e. The zero-order valence-electron chi connectivity index (χ0n) is 15.1. The Morgan fingerprint density at radius 1 is 1.29 bits per heavy atom. The molecule has 1 aliphatic heterocycles. The number of rotatable bonds is 2. The molecule has 1 aromatic rings. The molecule has 0 bridgehead atoms. The number of aliphatic hydroxyl groups is 1. The third-order valence-corrected chi connectivity index (χ3v) is 5.02. The van der Waals surface area contributed by atoms with Crippen LogP contribution in [0.5, 0.6) is 5.75 Å². The lowest BCUT2D eigenvalue weighted by Gasteiger charge is -2.36. The Hall–Kier alpha value is -2.62. The molecule has 152 valence electrons. The van der Waals surface area contributed by atoms with Crippen LogP contribution < -0.4 is 10.1 Å². The van der Waals surface area contributed by atoms with Gasteiger partial charge in [-0.05, 0) is 31.4 Å². The fraction of sp³-hybridized carbons (Fsp3) is 0.500. The highest BCUT2D eigenvalue weighted by Crippen LogP contribution is 2.47. The van der Waals surface area contributed by atoms with Crippen molar-refractivity contribution in [1.29, 1.82) is 0 Å². The molecule has 2 amide bonds. The number of halogens is 3. The highest BCUT2D eigenvalue weighted by atomic mass is 19.4. The molecule has 2 atom stereocenters. The van der Waals surface area contributed by atoms with Gasteiger partial charge >= 0.3 is 18.0 Å². The molecule has 10 heteroatoms. The van der Waals surface area contributed by atoms with Gasteiger partial charge in [0.1, 0.15) is 5.75 Å². The number of fused-ring (bicyclic) bond motifs is 1. The molecule has 0 spiro atoms. The first-order chi connectivity index (χ1) is 13.2. The lowest BCUT2D eigenvalue weighted by atomic mass is 9.87. The highest BCUT2D eigenvalue weighted by molar-refractivity contribution is 6.40. The second kappa shape index (κ2) is 7.42. The van der Waals surface area contributed by atoms with Crippen molar-refractivity contribution in [3.8, 4) is 5.75 Å². The van der Waals surface area contributed by atoms with E-state index in [1.807, 2.05) is 0 Å². The van der Waals surface area contributed by atoms with Gasteiger partial charge in [-0.3, -0.25) is 9.59 Å². The van der Waals surface area contributed by atoms with Gasteiger partial charge in [0.25, 0.3) is 5.72 Å². The summed E-state index contributed by atoms with van der Waals surface area (Å²) in [6.45, 7) is 0. The number of para-hydroxylation sites is 2. The number of hydrogen-bond acceptors (Lipinski definition) is 5. The van der Waals surface area contributed by atoms with Crippen molar-refractivity contribution in [2.75, 3.05) is 12.4 Å². The quantitative estimate of drug-likeness (QED) is 0.748. The van der Waals surface area contributed by atoms with Crippen LogP contribution in [0.25, 0.3) is 0 Å². The number of amides is 2. The van der Waals surface area contributed by atoms with Crippen molar-refractivity contribution < 1.29 is 32.6 Å². The van der Waals surface area contributed by atoms with Crippen molar-refractivity contribution in [2.45, 2.75) is 44.0 Å². The van der Waals surface area contributed by atoms with Crippen LogP contribution in [0.15, 0.2) is 29.4 Å².